The van der Waals surface area contributed by atoms with Crippen LogP contribution < -0.4 is 19.1 Å². The van der Waals surface area contributed by atoms with Crippen LogP contribution in [-0.2, 0) is 16.1 Å². The van der Waals surface area contributed by atoms with Crippen LogP contribution in [0.4, 0.5) is 5.69 Å². The van der Waals surface area contributed by atoms with Crippen LogP contribution in [-0.4, -0.2) is 38.9 Å². The Labute approximate surface area is 197 Å². The predicted octanol–water partition coefficient (Wildman–Crippen LogP) is 4.72. The average molecular weight is 470 g/mol. The molecule has 8 heteroatoms. The van der Waals surface area contributed by atoms with E-state index in [4.69, 9.17) is 30.5 Å². The minimum Gasteiger partial charge on any atom is -0.504 e. The van der Waals surface area contributed by atoms with E-state index in [1.807, 2.05) is 12.1 Å². The largest absolute Gasteiger partial charge is 0.504 e. The molecule has 172 valence electrons. The highest BCUT2D eigenvalue weighted by atomic mass is 35.5. The van der Waals surface area contributed by atoms with Crippen molar-refractivity contribution in [1.29, 1.82) is 0 Å². The number of rotatable bonds is 6. The van der Waals surface area contributed by atoms with Crippen molar-refractivity contribution in [3.05, 3.63) is 76.3 Å². The fourth-order valence-corrected chi connectivity index (χ4v) is 4.12. The van der Waals surface area contributed by atoms with E-state index < -0.39 is 6.10 Å². The summed E-state index contributed by atoms with van der Waals surface area (Å²) in [5.41, 5.74) is 2.57. The van der Waals surface area contributed by atoms with Gasteiger partial charge in [0.15, 0.2) is 11.5 Å². The van der Waals surface area contributed by atoms with Gasteiger partial charge >= 0.3 is 0 Å². The summed E-state index contributed by atoms with van der Waals surface area (Å²) in [5, 5.41) is 11.2. The Balaban J connectivity index is 1.80. The molecule has 1 amide bonds. The van der Waals surface area contributed by atoms with Crippen LogP contribution in [0.3, 0.4) is 0 Å². The summed E-state index contributed by atoms with van der Waals surface area (Å²) in [4.78, 5) is 14.8. The third kappa shape index (κ3) is 4.42. The summed E-state index contributed by atoms with van der Waals surface area (Å²) in [7, 11) is 4.63. The number of phenols is 1. The second-order valence-electron chi connectivity index (χ2n) is 7.45. The van der Waals surface area contributed by atoms with E-state index in [0.717, 1.165) is 5.56 Å². The van der Waals surface area contributed by atoms with E-state index in [2.05, 4.69) is 0 Å². The van der Waals surface area contributed by atoms with Gasteiger partial charge in [0.2, 0.25) is 0 Å². The normalized spacial score (nSPS) is 15.6. The zero-order chi connectivity index (χ0) is 23.5. The number of para-hydroxylation sites is 1. The summed E-state index contributed by atoms with van der Waals surface area (Å²) in [6.45, 7) is 0.0624. The molecule has 4 rings (SSSR count). The number of amides is 1. The number of hydrogen-bond donors (Lipinski definition) is 1. The van der Waals surface area contributed by atoms with Crippen LogP contribution in [0, 0.1) is 0 Å². The number of carbonyl (C=O) groups excluding carboxylic acids is 1. The second-order valence-corrected chi connectivity index (χ2v) is 7.89. The topological polar surface area (TPSA) is 77.5 Å². The first kappa shape index (κ1) is 22.8. The number of anilines is 1. The van der Waals surface area contributed by atoms with Crippen molar-refractivity contribution in [2.75, 3.05) is 32.8 Å². The highest BCUT2D eigenvalue weighted by Crippen LogP contribution is 2.43. The Hall–Kier alpha value is -3.42. The lowest BCUT2D eigenvalue weighted by molar-refractivity contribution is -0.124. The van der Waals surface area contributed by atoms with E-state index >= 15 is 0 Å². The van der Waals surface area contributed by atoms with Gasteiger partial charge in [0.05, 0.1) is 33.6 Å². The molecule has 0 unspecified atom stereocenters. The zero-order valence-electron chi connectivity index (χ0n) is 18.5. The van der Waals surface area contributed by atoms with Crippen molar-refractivity contribution in [2.45, 2.75) is 12.6 Å². The Morgan fingerprint density at radius 2 is 1.79 bits per heavy atom. The lowest BCUT2D eigenvalue weighted by atomic mass is 9.98. The summed E-state index contributed by atoms with van der Waals surface area (Å²) in [5.74, 6) is 1.29. The maximum atomic E-state index is 13.2. The third-order valence-electron chi connectivity index (χ3n) is 5.59. The predicted molar refractivity (Wildman–Crippen MR) is 125 cm³/mol. The number of nitrogens with zero attached hydrogens (tertiary/aromatic N) is 1. The minimum absolute atomic E-state index is 0.0475. The van der Waals surface area contributed by atoms with Crippen LogP contribution in [0.5, 0.6) is 23.0 Å². The molecule has 0 radical (unpaired) electrons. The van der Waals surface area contributed by atoms with E-state index in [1.54, 1.807) is 61.6 Å². The number of halogens is 1. The molecule has 3 aromatic rings. The Bertz CT molecular complexity index is 1180. The monoisotopic (exact) mass is 469 g/mol. The lowest BCUT2D eigenvalue weighted by Gasteiger charge is -2.25. The molecule has 1 aliphatic rings. The van der Waals surface area contributed by atoms with Crippen molar-refractivity contribution in [3.63, 3.8) is 0 Å². The first-order chi connectivity index (χ1) is 16.0. The summed E-state index contributed by atoms with van der Waals surface area (Å²) >= 11 is 6.33. The molecular weight excluding hydrogens is 446 g/mol. The first-order valence-corrected chi connectivity index (χ1v) is 10.6. The summed E-state index contributed by atoms with van der Waals surface area (Å²) < 4.78 is 22.1. The van der Waals surface area contributed by atoms with Crippen LogP contribution >= 0.6 is 11.6 Å². The third-order valence-corrected chi connectivity index (χ3v) is 5.83. The van der Waals surface area contributed by atoms with Gasteiger partial charge in [-0.3, -0.25) is 4.79 Å². The van der Waals surface area contributed by atoms with E-state index in [9.17, 15) is 9.90 Å². The fraction of sp³-hybridized carbons (Fsp3) is 0.240. The summed E-state index contributed by atoms with van der Waals surface area (Å²) in [6, 6.07) is 15.8. The molecule has 0 aliphatic carbocycles. The van der Waals surface area contributed by atoms with Crippen LogP contribution in [0.15, 0.2) is 54.6 Å². The van der Waals surface area contributed by atoms with Gasteiger partial charge in [-0.15, -0.1) is 0 Å². The number of carbonyl (C=O) groups is 1. The molecular formula is C25H24ClNO6. The van der Waals surface area contributed by atoms with Gasteiger partial charge in [-0.25, -0.2) is 0 Å². The van der Waals surface area contributed by atoms with Gasteiger partial charge in [-0.2, -0.15) is 0 Å². The minimum atomic E-state index is -0.722. The Kier molecular flexibility index (Phi) is 6.62. The maximum Gasteiger partial charge on any atom is 0.253 e. The summed E-state index contributed by atoms with van der Waals surface area (Å²) in [6.07, 6.45) is -0.722. The molecule has 1 heterocycles. The number of fused-ring (bicyclic) bond motifs is 1. The van der Waals surface area contributed by atoms with Gasteiger partial charge < -0.3 is 29.0 Å². The van der Waals surface area contributed by atoms with Gasteiger partial charge in [-0.1, -0.05) is 23.7 Å². The molecule has 3 aromatic carbocycles. The van der Waals surface area contributed by atoms with Crippen molar-refractivity contribution < 1.29 is 28.8 Å². The number of phenolic OH excluding ortho intramolecular Hbond substituents is 1. The van der Waals surface area contributed by atoms with Gasteiger partial charge in [-0.05, 0) is 36.4 Å². The number of benzene rings is 3. The molecule has 1 atom stereocenters. The second kappa shape index (κ2) is 9.60. The van der Waals surface area contributed by atoms with E-state index in [1.165, 1.54) is 7.11 Å². The quantitative estimate of drug-likeness (QED) is 0.562. The van der Waals surface area contributed by atoms with Crippen molar-refractivity contribution in [1.82, 2.24) is 0 Å². The molecule has 1 aliphatic heterocycles. The molecule has 7 nitrogen and oxygen atoms in total. The van der Waals surface area contributed by atoms with Crippen molar-refractivity contribution >= 4 is 23.2 Å². The molecule has 0 bridgehead atoms. The molecule has 0 spiro atoms. The maximum absolute atomic E-state index is 13.2. The zero-order valence-corrected chi connectivity index (χ0v) is 19.3. The van der Waals surface area contributed by atoms with Gasteiger partial charge in [0.1, 0.15) is 24.2 Å². The first-order valence-electron chi connectivity index (χ1n) is 10.2. The average Bonchev–Trinajstić information content (AvgIpc) is 2.96. The number of hydrogen-bond acceptors (Lipinski definition) is 6. The highest BCUT2D eigenvalue weighted by molar-refractivity contribution is 6.30. The number of ether oxygens (including phenoxy) is 4. The van der Waals surface area contributed by atoms with Crippen molar-refractivity contribution in [2.24, 2.45) is 0 Å². The lowest BCUT2D eigenvalue weighted by Crippen LogP contribution is -2.32. The van der Waals surface area contributed by atoms with E-state index in [-0.39, 0.29) is 24.8 Å². The SMILES string of the molecule is COc1ccc(CN2C(=O)CO[C@H](c3cccc(OC)c3O)c3cc(Cl)ccc32)c(OC)c1. The highest BCUT2D eigenvalue weighted by Gasteiger charge is 2.32. The van der Waals surface area contributed by atoms with Crippen LogP contribution in [0.1, 0.15) is 22.8 Å². The van der Waals surface area contributed by atoms with E-state index in [0.29, 0.717) is 39.1 Å². The van der Waals surface area contributed by atoms with Gasteiger partial charge in [0.25, 0.3) is 5.91 Å². The smallest absolute Gasteiger partial charge is 0.253 e. The molecule has 0 saturated carbocycles. The van der Waals surface area contributed by atoms with Crippen molar-refractivity contribution in [3.8, 4) is 23.0 Å². The van der Waals surface area contributed by atoms with Crippen LogP contribution in [0.25, 0.3) is 0 Å². The van der Waals surface area contributed by atoms with Gasteiger partial charge in [0, 0.05) is 27.8 Å². The number of aromatic hydroxyl groups is 1. The molecule has 0 fully saturated rings. The standard InChI is InChI=1S/C25H24ClNO6/c1-30-17-9-7-15(22(12-17)32-3)13-27-20-10-8-16(26)11-19(20)25(33-14-23(27)28)18-5-4-6-21(31-2)24(18)29/h4-12,25,29H,13-14H2,1-3H3/t25-/m1/s1. The molecule has 1 N–H and O–H groups in total. The van der Waals surface area contributed by atoms with Crippen LogP contribution in [0.2, 0.25) is 5.02 Å². The Morgan fingerprint density at radius 1 is 1.00 bits per heavy atom. The Morgan fingerprint density at radius 3 is 2.52 bits per heavy atom. The number of methoxy groups -OCH3 is 3. The molecule has 33 heavy (non-hydrogen) atoms. The molecule has 0 aromatic heterocycles. The fourth-order valence-electron chi connectivity index (χ4n) is 3.94. The molecule has 0 saturated heterocycles.